The molecule has 0 nitrogen and oxygen atoms in total. The van der Waals surface area contributed by atoms with E-state index in [2.05, 4.69) is 91.9 Å². The third-order valence-electron chi connectivity index (χ3n) is 6.89. The summed E-state index contributed by atoms with van der Waals surface area (Å²) in [6.07, 6.45) is 3.25. The van der Waals surface area contributed by atoms with Crippen molar-refractivity contribution in [2.75, 3.05) is 0 Å². The van der Waals surface area contributed by atoms with E-state index in [9.17, 15) is 0 Å². The molecule has 0 fully saturated rings. The molecule has 0 bridgehead atoms. The largest absolute Gasteiger partial charge is 2.00 e. The molecular weight excluding hydrogens is 510 g/mol. The summed E-state index contributed by atoms with van der Waals surface area (Å²) in [6, 6.07) is 31.9. The van der Waals surface area contributed by atoms with Gasteiger partial charge in [-0.2, -0.15) is 0 Å². The van der Waals surface area contributed by atoms with Crippen LogP contribution in [-0.4, -0.2) is 0 Å². The van der Waals surface area contributed by atoms with E-state index in [0.717, 1.165) is 19.3 Å². The van der Waals surface area contributed by atoms with Gasteiger partial charge in [0.05, 0.1) is 0 Å². The standard InChI is InChI=1S/C29H24.2ClH.Zr/c1-2-23(21-14-15-26-22(17-21)16-19-8-3-5-10-24(19)26)27-12-7-13-28-25-11-6-4-9-20(25)18-29(27)28;;;/h3-15,17,23H,2,16,18H2,1H3;2*1H;/q;;;+2/p-2. The Morgan fingerprint density at radius 1 is 0.625 bits per heavy atom. The van der Waals surface area contributed by atoms with Gasteiger partial charge >= 0.3 is 26.2 Å². The average Bonchev–Trinajstić information content (AvgIpc) is 3.32. The van der Waals surface area contributed by atoms with Gasteiger partial charge in [0.1, 0.15) is 0 Å². The Bertz CT molecular complexity index is 1260. The zero-order valence-corrected chi connectivity index (χ0v) is 22.0. The molecule has 0 saturated carbocycles. The van der Waals surface area contributed by atoms with Gasteiger partial charge in [0.15, 0.2) is 0 Å². The minimum absolute atomic E-state index is 0. The molecule has 32 heavy (non-hydrogen) atoms. The van der Waals surface area contributed by atoms with Gasteiger partial charge in [0, 0.05) is 5.92 Å². The van der Waals surface area contributed by atoms with Crippen molar-refractivity contribution in [3.63, 3.8) is 0 Å². The van der Waals surface area contributed by atoms with Crippen molar-refractivity contribution in [2.24, 2.45) is 0 Å². The summed E-state index contributed by atoms with van der Waals surface area (Å²) in [6.45, 7) is 2.33. The van der Waals surface area contributed by atoms with Gasteiger partial charge in [-0.1, -0.05) is 91.9 Å². The summed E-state index contributed by atoms with van der Waals surface area (Å²) in [5, 5.41) is 0. The van der Waals surface area contributed by atoms with Crippen LogP contribution in [0.25, 0.3) is 22.3 Å². The fraction of sp³-hybridized carbons (Fsp3) is 0.172. The minimum atomic E-state index is 0. The van der Waals surface area contributed by atoms with Gasteiger partial charge in [0.25, 0.3) is 0 Å². The Morgan fingerprint density at radius 2 is 1.22 bits per heavy atom. The SMILES string of the molecule is CCC(c1ccc2c(c1)Cc1ccccc1-2)c1cccc2c1Cc1ccccc1-2.[Cl-].[Cl-].[Zr+2]. The molecule has 0 aliphatic heterocycles. The van der Waals surface area contributed by atoms with Crippen LogP contribution in [-0.2, 0) is 39.0 Å². The van der Waals surface area contributed by atoms with E-state index in [1.165, 1.54) is 55.6 Å². The summed E-state index contributed by atoms with van der Waals surface area (Å²) in [7, 11) is 0. The quantitative estimate of drug-likeness (QED) is 0.322. The number of halogens is 2. The van der Waals surface area contributed by atoms with Gasteiger partial charge in [-0.25, -0.2) is 0 Å². The van der Waals surface area contributed by atoms with E-state index >= 15 is 0 Å². The molecule has 0 saturated heterocycles. The van der Waals surface area contributed by atoms with Crippen LogP contribution in [0.4, 0.5) is 0 Å². The minimum Gasteiger partial charge on any atom is -1.00 e. The average molecular weight is 535 g/mol. The number of benzene rings is 4. The maximum Gasteiger partial charge on any atom is 2.00 e. The molecule has 158 valence electrons. The first-order chi connectivity index (χ1) is 14.3. The van der Waals surface area contributed by atoms with E-state index in [0.29, 0.717) is 5.92 Å². The van der Waals surface area contributed by atoms with E-state index in [-0.39, 0.29) is 51.0 Å². The van der Waals surface area contributed by atoms with Crippen molar-refractivity contribution in [1.82, 2.24) is 0 Å². The van der Waals surface area contributed by atoms with Gasteiger partial charge in [-0.05, 0) is 74.9 Å². The van der Waals surface area contributed by atoms with Gasteiger partial charge in [-0.3, -0.25) is 0 Å². The molecular formula is C29H24Cl2Zr. The zero-order valence-electron chi connectivity index (χ0n) is 18.0. The number of fused-ring (bicyclic) bond motifs is 6. The van der Waals surface area contributed by atoms with Crippen molar-refractivity contribution in [3.8, 4) is 22.3 Å². The summed E-state index contributed by atoms with van der Waals surface area (Å²) in [5.41, 5.74) is 14.6. The van der Waals surface area contributed by atoms with Gasteiger partial charge in [-0.15, -0.1) is 0 Å². The molecule has 0 heterocycles. The smallest absolute Gasteiger partial charge is 1.00 e. The topological polar surface area (TPSA) is 0 Å². The maximum atomic E-state index is 2.48. The second kappa shape index (κ2) is 10.1. The van der Waals surface area contributed by atoms with E-state index < -0.39 is 0 Å². The van der Waals surface area contributed by atoms with Crippen LogP contribution in [0.2, 0.25) is 0 Å². The molecule has 2 aliphatic carbocycles. The predicted molar refractivity (Wildman–Crippen MR) is 122 cm³/mol. The number of hydrogen-bond donors (Lipinski definition) is 0. The molecule has 6 rings (SSSR count). The first-order valence-electron chi connectivity index (χ1n) is 10.7. The third kappa shape index (κ3) is 3.94. The van der Waals surface area contributed by atoms with Crippen molar-refractivity contribution in [2.45, 2.75) is 32.1 Å². The summed E-state index contributed by atoms with van der Waals surface area (Å²) < 4.78 is 0. The summed E-state index contributed by atoms with van der Waals surface area (Å²) in [4.78, 5) is 0. The van der Waals surface area contributed by atoms with Crippen LogP contribution in [0.3, 0.4) is 0 Å². The van der Waals surface area contributed by atoms with Crippen LogP contribution in [0.1, 0.15) is 52.6 Å². The molecule has 0 N–H and O–H groups in total. The molecule has 0 radical (unpaired) electrons. The third-order valence-corrected chi connectivity index (χ3v) is 6.89. The van der Waals surface area contributed by atoms with E-state index in [1.807, 2.05) is 0 Å². The molecule has 1 unspecified atom stereocenters. The summed E-state index contributed by atoms with van der Waals surface area (Å²) >= 11 is 0. The van der Waals surface area contributed by atoms with Crippen LogP contribution < -0.4 is 24.8 Å². The molecule has 2 aliphatic rings. The van der Waals surface area contributed by atoms with Crippen molar-refractivity contribution < 1.29 is 51.0 Å². The second-order valence-corrected chi connectivity index (χ2v) is 8.42. The van der Waals surface area contributed by atoms with Crippen LogP contribution in [0.5, 0.6) is 0 Å². The second-order valence-electron chi connectivity index (χ2n) is 8.42. The molecule has 3 heteroatoms. The van der Waals surface area contributed by atoms with Crippen molar-refractivity contribution in [1.29, 1.82) is 0 Å². The fourth-order valence-electron chi connectivity index (χ4n) is 5.53. The van der Waals surface area contributed by atoms with Crippen LogP contribution in [0, 0.1) is 0 Å². The Morgan fingerprint density at radius 3 is 1.94 bits per heavy atom. The zero-order chi connectivity index (χ0) is 19.4. The Labute approximate surface area is 222 Å². The van der Waals surface area contributed by atoms with Crippen molar-refractivity contribution >= 4 is 0 Å². The van der Waals surface area contributed by atoms with E-state index in [4.69, 9.17) is 0 Å². The first kappa shape index (κ1) is 25.0. The maximum absolute atomic E-state index is 2.48. The van der Waals surface area contributed by atoms with Gasteiger partial charge in [0.2, 0.25) is 0 Å². The number of rotatable bonds is 3. The number of hydrogen-bond acceptors (Lipinski definition) is 0. The molecule has 4 aromatic rings. The molecule has 0 aromatic heterocycles. The fourth-order valence-corrected chi connectivity index (χ4v) is 5.53. The van der Waals surface area contributed by atoms with E-state index in [1.54, 1.807) is 0 Å². The molecule has 0 amide bonds. The molecule has 4 aromatic carbocycles. The van der Waals surface area contributed by atoms with Crippen LogP contribution in [0.15, 0.2) is 84.9 Å². The Balaban J connectivity index is 0.000000963. The monoisotopic (exact) mass is 532 g/mol. The van der Waals surface area contributed by atoms with Crippen molar-refractivity contribution in [3.05, 3.63) is 118 Å². The Hall–Kier alpha value is -1.66. The Kier molecular flexibility index (Phi) is 7.87. The van der Waals surface area contributed by atoms with Gasteiger partial charge < -0.3 is 24.8 Å². The molecule has 1 atom stereocenters. The van der Waals surface area contributed by atoms with Crippen LogP contribution >= 0.6 is 0 Å². The predicted octanol–water partition coefficient (Wildman–Crippen LogP) is 1.38. The molecule has 0 spiro atoms. The summed E-state index contributed by atoms with van der Waals surface area (Å²) in [5.74, 6) is 0.452. The normalized spacial score (nSPS) is 12.8. The first-order valence-corrected chi connectivity index (χ1v) is 10.7.